The number of nitrogens with zero attached hydrogens (tertiary/aromatic N) is 12. The van der Waals surface area contributed by atoms with E-state index >= 15 is 8.78 Å². The second kappa shape index (κ2) is 30.6. The summed E-state index contributed by atoms with van der Waals surface area (Å²) >= 11 is 0. The number of hydrogen-bond donors (Lipinski definition) is 4. The monoisotopic (exact) mass is 1500 g/mol. The van der Waals surface area contributed by atoms with E-state index in [0.717, 1.165) is 66.1 Å². The number of halogens is 3. The topological polar surface area (TPSA) is 345 Å². The van der Waals surface area contributed by atoms with Crippen LogP contribution in [0.1, 0.15) is 146 Å². The van der Waals surface area contributed by atoms with Crippen LogP contribution in [0.25, 0.3) is 79.0 Å². The van der Waals surface area contributed by atoms with Crippen molar-refractivity contribution in [3.8, 4) is 45.8 Å². The molecule has 3 aliphatic carbocycles. The van der Waals surface area contributed by atoms with Gasteiger partial charge in [-0.25, -0.2) is 57.9 Å². The van der Waals surface area contributed by atoms with Gasteiger partial charge in [-0.3, -0.25) is 0 Å². The number of nitrogens with one attached hydrogen (secondary N) is 4. The molecule has 4 aliphatic rings. The maximum atomic E-state index is 15.5. The molecule has 33 heteroatoms. The molecule has 0 unspecified atom stereocenters. The van der Waals surface area contributed by atoms with Crippen molar-refractivity contribution >= 4 is 78.1 Å². The molecular formula is C74H77BF3N16NaO10S2. The van der Waals surface area contributed by atoms with E-state index in [1.54, 1.807) is 48.8 Å². The average Bonchev–Trinajstić information content (AvgIpc) is 1.59. The number of hydrogen-bond acceptors (Lipinski definition) is 23. The summed E-state index contributed by atoms with van der Waals surface area (Å²) in [7, 11) is -9.02. The summed E-state index contributed by atoms with van der Waals surface area (Å²) in [4.78, 5) is 18.5. The molecule has 5 aromatic carbocycles. The molecule has 5 N–H and O–H groups in total. The molecule has 0 spiro atoms. The average molecular weight is 1510 g/mol. The fourth-order valence-electron chi connectivity index (χ4n) is 12.0. The van der Waals surface area contributed by atoms with Crippen LogP contribution in [0.4, 0.5) is 31.2 Å². The zero-order chi connectivity index (χ0) is 75.5. The van der Waals surface area contributed by atoms with Crippen LogP contribution in [0.2, 0.25) is 0 Å². The van der Waals surface area contributed by atoms with Crippen molar-refractivity contribution in [3.63, 3.8) is 0 Å². The maximum absolute atomic E-state index is 15.5. The number of allylic oxidation sites excluding steroid dienone is 1. The second-order valence-corrected chi connectivity index (χ2v) is 31.9. The summed E-state index contributed by atoms with van der Waals surface area (Å²) in [6, 6.07) is 26.3. The number of aryl methyl sites for hydroxylation is 2. The van der Waals surface area contributed by atoms with Gasteiger partial charge in [0.05, 0.1) is 48.7 Å². The van der Waals surface area contributed by atoms with Gasteiger partial charge in [-0.1, -0.05) is 56.8 Å². The quantitative estimate of drug-likeness (QED) is 0.0458. The second-order valence-electron chi connectivity index (χ2n) is 28.2. The standard InChI is InChI=1S/C27H25FN6O3S.C26H30BFN4O5S.C21H20FN5O.H2NO.Na/c1-15(2)30-27-33-32-26(37-27)20-12-19-21(25-29-11-10-23(31-25)17-6-7-17)14-34(24(19)13-22(20)28)38(35,36)18-8-4-16(3)5-9-18;1-15(2)29-24-31-30-23(35-24)19-12-18-20(27-36-25(4,5)26(6,7)37-27)14-32(22(18)13-21(19)28)38(33,34)17-10-8-16(3)9-11-17;1-11(2)24-21-27-26-20(28-21)16-10-15-13(9-17(16)22)5-6-14(15)19-23-8-7-18(25-19)12-3-4-12;1-2;/h4-5,8-15,17H,6-7H2,1-3H3,(H,30,33);8-15H,1-7H3,(H,29,31);6-12H,3-5H2,1-2H3,(H,24,27);1-2H;/q;;;-1;+1. The fourth-order valence-corrected chi connectivity index (χ4v) is 14.8. The number of aromatic nitrogens is 12. The van der Waals surface area contributed by atoms with Crippen LogP contribution in [0.3, 0.4) is 0 Å². The number of anilines is 3. The summed E-state index contributed by atoms with van der Waals surface area (Å²) in [5, 5.41) is 39.9. The Morgan fingerprint density at radius 3 is 1.37 bits per heavy atom. The first kappa shape index (κ1) is 77.1. The third kappa shape index (κ3) is 16.1. The number of benzene rings is 5. The van der Waals surface area contributed by atoms with Crippen LogP contribution in [0.5, 0.6) is 0 Å². The molecule has 0 atom stereocenters. The van der Waals surface area contributed by atoms with Gasteiger partial charge < -0.3 is 49.6 Å². The van der Waals surface area contributed by atoms with E-state index in [1.165, 1.54) is 67.7 Å². The van der Waals surface area contributed by atoms with Crippen molar-refractivity contribution in [1.29, 1.82) is 0 Å². The maximum Gasteiger partial charge on any atom is 1.00 e. The van der Waals surface area contributed by atoms with E-state index in [2.05, 4.69) is 62.6 Å². The first-order chi connectivity index (χ1) is 50.5. The first-order valence-corrected chi connectivity index (χ1v) is 37.3. The summed E-state index contributed by atoms with van der Waals surface area (Å²) in [5.41, 5.74) is 6.80. The van der Waals surface area contributed by atoms with E-state index in [4.69, 9.17) is 43.6 Å². The molecule has 3 fully saturated rings. The zero-order valence-electron chi connectivity index (χ0n) is 61.1. The minimum Gasteiger partial charge on any atom is -0.553 e. The SMILES string of the molecule is CC(C)Nc1nnc(-c2cc3c(cc2F)CC=C3c2nccc(C3CC3)n2)o1.Cc1ccc(S(=O)(=O)n2cc(-c3nccc(C4CC4)n3)c3cc(-c4nnc(NC(C)C)o4)c(F)cc32)cc1.Cc1ccc(S(=O)(=O)n2cc(B3OC(C)(C)C(C)(C)O3)c3cc(-c4nnc(NC(C)C)o4)c(F)cc32)cc1.[NH-]O.[Na+]. The van der Waals surface area contributed by atoms with Gasteiger partial charge in [0.1, 0.15) is 17.5 Å². The van der Waals surface area contributed by atoms with Crippen LogP contribution >= 0.6 is 0 Å². The predicted molar refractivity (Wildman–Crippen MR) is 393 cm³/mol. The Bertz CT molecular complexity index is 5550. The van der Waals surface area contributed by atoms with E-state index in [-0.39, 0.29) is 127 Å². The van der Waals surface area contributed by atoms with Crippen molar-refractivity contribution in [3.05, 3.63) is 191 Å². The normalized spacial score (nSPS) is 15.1. The smallest absolute Gasteiger partial charge is 0.553 e. The van der Waals surface area contributed by atoms with Gasteiger partial charge in [0.2, 0.25) is 0 Å². The molecule has 16 rings (SSSR count). The molecule has 1 aliphatic heterocycles. The van der Waals surface area contributed by atoms with Crippen molar-refractivity contribution in [2.75, 3.05) is 16.0 Å². The van der Waals surface area contributed by atoms with Gasteiger partial charge in [0.25, 0.3) is 37.7 Å². The third-order valence-electron chi connectivity index (χ3n) is 18.5. The molecule has 7 aromatic heterocycles. The summed E-state index contributed by atoms with van der Waals surface area (Å²) in [6.07, 6.45) is 13.6. The Hall–Kier alpha value is -9.51. The van der Waals surface area contributed by atoms with Crippen LogP contribution in [0, 0.1) is 31.3 Å². The first-order valence-electron chi connectivity index (χ1n) is 34.4. The van der Waals surface area contributed by atoms with E-state index in [9.17, 15) is 21.2 Å². The van der Waals surface area contributed by atoms with Crippen molar-refractivity contribution in [1.82, 2.24) is 58.5 Å². The van der Waals surface area contributed by atoms with Crippen molar-refractivity contribution in [2.24, 2.45) is 0 Å². The Balaban J connectivity index is 0.000000149. The van der Waals surface area contributed by atoms with E-state index < -0.39 is 50.0 Å². The molecule has 0 amide bonds. The zero-order valence-corrected chi connectivity index (χ0v) is 64.7. The van der Waals surface area contributed by atoms with Crippen LogP contribution in [0.15, 0.2) is 151 Å². The summed E-state index contributed by atoms with van der Waals surface area (Å²) in [5.74, 6) is 5.03. The molecule has 1 saturated heterocycles. The minimum absolute atomic E-state index is 0. The van der Waals surface area contributed by atoms with Gasteiger partial charge in [0.15, 0.2) is 11.6 Å². The van der Waals surface area contributed by atoms with Crippen molar-refractivity contribution < 1.29 is 87.3 Å². The summed E-state index contributed by atoms with van der Waals surface area (Å²) in [6.45, 7) is 22.9. The summed E-state index contributed by atoms with van der Waals surface area (Å²) < 4.78 is 132. The molecule has 12 aromatic rings. The molecule has 8 heterocycles. The van der Waals surface area contributed by atoms with Gasteiger partial charge in [-0.05, 0) is 187 Å². The van der Waals surface area contributed by atoms with Gasteiger partial charge >= 0.3 is 54.7 Å². The van der Waals surface area contributed by atoms with Gasteiger partial charge in [-0.15, -0.1) is 15.3 Å². The van der Waals surface area contributed by atoms with Crippen molar-refractivity contribution in [2.45, 2.75) is 166 Å². The minimum atomic E-state index is -4.07. The molecule has 107 heavy (non-hydrogen) atoms. The Morgan fingerprint density at radius 1 is 0.523 bits per heavy atom. The Labute approximate surface area is 638 Å². The predicted octanol–water partition coefficient (Wildman–Crippen LogP) is 11.8. The van der Waals surface area contributed by atoms with E-state index in [0.29, 0.717) is 51.7 Å². The number of fused-ring (bicyclic) bond motifs is 3. The van der Waals surface area contributed by atoms with Crippen LogP contribution in [-0.4, -0.2) is 117 Å². The molecule has 26 nitrogen and oxygen atoms in total. The molecule has 550 valence electrons. The van der Waals surface area contributed by atoms with Gasteiger partial charge in [-0.2, -0.15) is 0 Å². The van der Waals surface area contributed by atoms with Crippen LogP contribution < -0.4 is 51.0 Å². The molecule has 2 saturated carbocycles. The molecule has 0 radical (unpaired) electrons. The van der Waals surface area contributed by atoms with Gasteiger partial charge in [0, 0.05) is 106 Å². The molecule has 0 bridgehead atoms. The Morgan fingerprint density at radius 2 is 0.925 bits per heavy atom. The molecular weight excluding hydrogens is 1430 g/mol. The van der Waals surface area contributed by atoms with Crippen LogP contribution in [-0.2, 0) is 35.8 Å². The van der Waals surface area contributed by atoms with E-state index in [1.807, 2.05) is 95.2 Å². The Kier molecular flexibility index (Phi) is 22.1. The number of rotatable bonds is 18. The fraction of sp³-hybridized carbons (Fsp3) is 0.324. The largest absolute Gasteiger partial charge is 1.00 e. The third-order valence-corrected chi connectivity index (χ3v) is 21.8.